The molecule has 2 aromatic heterocycles. The van der Waals surface area contributed by atoms with Gasteiger partial charge in [0.2, 0.25) is 0 Å². The number of aryl methyl sites for hydroxylation is 2. The maximum atomic E-state index is 11.6. The number of unbranched alkanes of at least 4 members (excludes halogenated alkanes) is 1. The minimum absolute atomic E-state index is 0.106. The van der Waals surface area contributed by atoms with Crippen molar-refractivity contribution in [3.8, 4) is 5.75 Å². The van der Waals surface area contributed by atoms with Gasteiger partial charge >= 0.3 is 5.97 Å². The van der Waals surface area contributed by atoms with E-state index < -0.39 is 12.1 Å². The van der Waals surface area contributed by atoms with Gasteiger partial charge in [-0.2, -0.15) is 0 Å². The number of fused-ring (bicyclic) bond motifs is 1. The van der Waals surface area contributed by atoms with Crippen molar-refractivity contribution in [2.24, 2.45) is 18.9 Å². The number of rotatable bonds is 12. The molecular formula is C28H38N4O4. The summed E-state index contributed by atoms with van der Waals surface area (Å²) in [5.41, 5.74) is 2.92. The van der Waals surface area contributed by atoms with Crippen molar-refractivity contribution in [2.75, 3.05) is 26.7 Å². The lowest BCUT2D eigenvalue weighted by molar-refractivity contribution is -0.139. The number of ether oxygens (including phenoxy) is 1. The standard InChI is InChI=1S/C28H38N4O4/c1-31-19-29-17-22(31)5-3-4-13-32-14-11-20(21(18-32)15-28(34)35)6-9-27(33)24-10-12-30-26-8-7-23(36-2)16-25(24)26/h7-8,10,12,16-17,19-21,27,33H,3-6,9,11,13-15,18H2,1-2H3,(H,34,35)/t20-,21+,27+/m1/s1. The molecular weight excluding hydrogens is 456 g/mol. The number of methoxy groups -OCH3 is 1. The number of aliphatic hydroxyl groups excluding tert-OH is 1. The first-order chi connectivity index (χ1) is 17.4. The summed E-state index contributed by atoms with van der Waals surface area (Å²) in [6, 6.07) is 7.56. The average Bonchev–Trinajstić information content (AvgIpc) is 3.29. The fourth-order valence-corrected chi connectivity index (χ4v) is 5.55. The van der Waals surface area contributed by atoms with E-state index in [1.165, 1.54) is 5.69 Å². The SMILES string of the molecule is COc1ccc2nccc([C@@H](O)CC[C@@H]3CCN(CCCCc4cncn4C)C[C@@H]3CC(=O)O)c2c1. The van der Waals surface area contributed by atoms with Gasteiger partial charge in [0.25, 0.3) is 0 Å². The van der Waals surface area contributed by atoms with E-state index in [-0.39, 0.29) is 12.3 Å². The van der Waals surface area contributed by atoms with Gasteiger partial charge in [0.1, 0.15) is 5.75 Å². The van der Waals surface area contributed by atoms with Gasteiger partial charge in [-0.25, -0.2) is 4.98 Å². The van der Waals surface area contributed by atoms with Crippen molar-refractivity contribution < 1.29 is 19.7 Å². The Hall–Kier alpha value is -2.97. The van der Waals surface area contributed by atoms with Crippen LogP contribution in [0.4, 0.5) is 0 Å². The summed E-state index contributed by atoms with van der Waals surface area (Å²) in [5.74, 6) is 0.396. The second kappa shape index (κ2) is 12.3. The lowest BCUT2D eigenvalue weighted by Crippen LogP contribution is -2.41. The third-order valence-electron chi connectivity index (χ3n) is 7.64. The summed E-state index contributed by atoms with van der Waals surface area (Å²) in [5, 5.41) is 21.5. The highest BCUT2D eigenvalue weighted by atomic mass is 16.5. The molecule has 194 valence electrons. The molecule has 0 radical (unpaired) electrons. The number of aliphatic hydroxyl groups is 1. The smallest absolute Gasteiger partial charge is 0.303 e. The summed E-state index contributed by atoms with van der Waals surface area (Å²) in [6.07, 6.45) is 10.6. The van der Waals surface area contributed by atoms with Crippen LogP contribution in [0.1, 0.15) is 55.9 Å². The third kappa shape index (κ3) is 6.62. The quantitative estimate of drug-likeness (QED) is 0.364. The number of imidazole rings is 1. The molecule has 1 fully saturated rings. The van der Waals surface area contributed by atoms with Crippen LogP contribution in [0.5, 0.6) is 5.75 Å². The lowest BCUT2D eigenvalue weighted by atomic mass is 9.79. The Morgan fingerprint density at radius 1 is 1.25 bits per heavy atom. The molecule has 0 aliphatic carbocycles. The number of pyridine rings is 1. The molecule has 8 heteroatoms. The van der Waals surface area contributed by atoms with Gasteiger partial charge in [-0.05, 0) is 93.3 Å². The first kappa shape index (κ1) is 26.1. The number of hydrogen-bond acceptors (Lipinski definition) is 6. The monoisotopic (exact) mass is 494 g/mol. The number of carboxylic acids is 1. The Morgan fingerprint density at radius 2 is 2.11 bits per heavy atom. The molecule has 2 N–H and O–H groups in total. The zero-order valence-electron chi connectivity index (χ0n) is 21.3. The van der Waals surface area contributed by atoms with E-state index >= 15 is 0 Å². The highest BCUT2D eigenvalue weighted by molar-refractivity contribution is 5.83. The minimum atomic E-state index is -0.740. The van der Waals surface area contributed by atoms with Crippen molar-refractivity contribution in [3.63, 3.8) is 0 Å². The molecule has 0 saturated carbocycles. The maximum Gasteiger partial charge on any atom is 0.303 e. The van der Waals surface area contributed by atoms with Crippen LogP contribution in [0.15, 0.2) is 43.0 Å². The molecule has 0 bridgehead atoms. The van der Waals surface area contributed by atoms with Gasteiger partial charge in [0, 0.05) is 43.5 Å². The number of hydrogen-bond donors (Lipinski definition) is 2. The number of carboxylic acid groups (broad SMARTS) is 1. The number of aliphatic carboxylic acids is 1. The zero-order valence-corrected chi connectivity index (χ0v) is 21.3. The molecule has 1 aliphatic heterocycles. The molecule has 36 heavy (non-hydrogen) atoms. The van der Waals surface area contributed by atoms with E-state index in [2.05, 4.69) is 19.4 Å². The molecule has 1 aliphatic rings. The van der Waals surface area contributed by atoms with E-state index in [1.807, 2.05) is 43.8 Å². The third-order valence-corrected chi connectivity index (χ3v) is 7.64. The highest BCUT2D eigenvalue weighted by Crippen LogP contribution is 2.34. The number of likely N-dealkylation sites (tertiary alicyclic amines) is 1. The Kier molecular flexibility index (Phi) is 8.93. The van der Waals surface area contributed by atoms with E-state index in [4.69, 9.17) is 4.74 Å². The topological polar surface area (TPSA) is 101 Å². The normalized spacial score (nSPS) is 19.4. The number of aromatic nitrogens is 3. The van der Waals surface area contributed by atoms with Gasteiger partial charge in [-0.1, -0.05) is 0 Å². The Balaban J connectivity index is 1.32. The zero-order chi connectivity index (χ0) is 25.5. The van der Waals surface area contributed by atoms with Crippen molar-refractivity contribution in [3.05, 3.63) is 54.2 Å². The molecule has 8 nitrogen and oxygen atoms in total. The van der Waals surface area contributed by atoms with Gasteiger partial charge in [-0.15, -0.1) is 0 Å². The molecule has 4 rings (SSSR count). The summed E-state index contributed by atoms with van der Waals surface area (Å²) in [4.78, 5) is 22.6. The van der Waals surface area contributed by atoms with Crippen LogP contribution in [-0.2, 0) is 18.3 Å². The molecule has 3 heterocycles. The van der Waals surface area contributed by atoms with Crippen LogP contribution in [0.3, 0.4) is 0 Å². The average molecular weight is 495 g/mol. The molecule has 0 amide bonds. The van der Waals surface area contributed by atoms with Crippen molar-refractivity contribution in [1.29, 1.82) is 0 Å². The fourth-order valence-electron chi connectivity index (χ4n) is 5.55. The molecule has 1 saturated heterocycles. The summed E-state index contributed by atoms with van der Waals surface area (Å²) in [6.45, 7) is 2.79. The number of benzene rings is 1. The maximum absolute atomic E-state index is 11.6. The second-order valence-corrected chi connectivity index (χ2v) is 10.0. The van der Waals surface area contributed by atoms with Gasteiger partial charge < -0.3 is 24.4 Å². The highest BCUT2D eigenvalue weighted by Gasteiger charge is 2.31. The molecule has 0 spiro atoms. The summed E-state index contributed by atoms with van der Waals surface area (Å²) >= 11 is 0. The van der Waals surface area contributed by atoms with E-state index in [1.54, 1.807) is 13.3 Å². The van der Waals surface area contributed by atoms with E-state index in [0.29, 0.717) is 12.3 Å². The largest absolute Gasteiger partial charge is 0.497 e. The van der Waals surface area contributed by atoms with Crippen molar-refractivity contribution >= 4 is 16.9 Å². The Labute approximate surface area is 212 Å². The summed E-state index contributed by atoms with van der Waals surface area (Å²) in [7, 11) is 3.65. The van der Waals surface area contributed by atoms with Crippen LogP contribution in [0.2, 0.25) is 0 Å². The van der Waals surface area contributed by atoms with Crippen LogP contribution < -0.4 is 4.74 Å². The molecule has 3 aromatic rings. The first-order valence-corrected chi connectivity index (χ1v) is 12.9. The van der Waals surface area contributed by atoms with Gasteiger partial charge in [0.05, 0.1) is 25.1 Å². The lowest BCUT2D eigenvalue weighted by Gasteiger charge is -2.38. The fraction of sp³-hybridized carbons (Fsp3) is 0.536. The number of piperidine rings is 1. The Bertz CT molecular complexity index is 1150. The molecule has 0 unspecified atom stereocenters. The van der Waals surface area contributed by atoms with E-state index in [0.717, 1.165) is 74.0 Å². The van der Waals surface area contributed by atoms with Gasteiger partial charge in [-0.3, -0.25) is 9.78 Å². The van der Waals surface area contributed by atoms with E-state index in [9.17, 15) is 15.0 Å². The van der Waals surface area contributed by atoms with Crippen LogP contribution in [-0.4, -0.2) is 62.4 Å². The summed E-state index contributed by atoms with van der Waals surface area (Å²) < 4.78 is 7.42. The van der Waals surface area contributed by atoms with Crippen LogP contribution >= 0.6 is 0 Å². The molecule has 3 atom stereocenters. The van der Waals surface area contributed by atoms with Gasteiger partial charge in [0.15, 0.2) is 0 Å². The predicted octanol–water partition coefficient (Wildman–Crippen LogP) is 4.23. The number of carbonyl (C=O) groups is 1. The number of nitrogens with zero attached hydrogens (tertiary/aromatic N) is 4. The predicted molar refractivity (Wildman–Crippen MR) is 139 cm³/mol. The minimum Gasteiger partial charge on any atom is -0.497 e. The van der Waals surface area contributed by atoms with Crippen LogP contribution in [0.25, 0.3) is 10.9 Å². The van der Waals surface area contributed by atoms with Crippen molar-refractivity contribution in [1.82, 2.24) is 19.4 Å². The first-order valence-electron chi connectivity index (χ1n) is 12.9. The second-order valence-electron chi connectivity index (χ2n) is 10.0. The van der Waals surface area contributed by atoms with Crippen LogP contribution in [0, 0.1) is 11.8 Å². The van der Waals surface area contributed by atoms with Crippen molar-refractivity contribution in [2.45, 2.75) is 51.0 Å². The molecule has 1 aromatic carbocycles. The Morgan fingerprint density at radius 3 is 2.86 bits per heavy atom.